The van der Waals surface area contributed by atoms with Crippen LogP contribution in [-0.4, -0.2) is 64.4 Å². The number of carbonyl (C=O) groups is 4. The van der Waals surface area contributed by atoms with Crippen LogP contribution < -0.4 is 15.4 Å². The van der Waals surface area contributed by atoms with Gasteiger partial charge in [0.25, 0.3) is 5.91 Å². The Labute approximate surface area is 219 Å². The molecule has 1 unspecified atom stereocenters. The number of aliphatic carboxylic acids is 1. The van der Waals surface area contributed by atoms with Crippen molar-refractivity contribution in [1.82, 2.24) is 15.2 Å². The molecule has 2 aromatic carbocycles. The fourth-order valence-electron chi connectivity index (χ4n) is 5.65. The topological polar surface area (TPSA) is 141 Å². The fraction of sp³-hybridized carbons (Fsp3) is 0.357. The zero-order valence-corrected chi connectivity index (χ0v) is 21.4. The predicted molar refractivity (Wildman–Crippen MR) is 140 cm³/mol. The molecule has 1 aromatic heterocycles. The van der Waals surface area contributed by atoms with Gasteiger partial charge in [0.1, 0.15) is 23.5 Å². The van der Waals surface area contributed by atoms with Gasteiger partial charge in [-0.05, 0) is 48.6 Å². The van der Waals surface area contributed by atoms with Crippen LogP contribution in [0.4, 0.5) is 5.69 Å². The fourth-order valence-corrected chi connectivity index (χ4v) is 5.65. The number of hydrogen-bond donors (Lipinski definition) is 4. The molecule has 3 amide bonds. The van der Waals surface area contributed by atoms with Crippen molar-refractivity contribution >= 4 is 40.3 Å². The number of amides is 3. The van der Waals surface area contributed by atoms with E-state index < -0.39 is 35.3 Å². The molecule has 10 heteroatoms. The molecule has 1 fully saturated rings. The van der Waals surface area contributed by atoms with Crippen molar-refractivity contribution in [2.24, 2.45) is 5.92 Å². The molecular weight excluding hydrogens is 488 g/mol. The van der Waals surface area contributed by atoms with E-state index in [2.05, 4.69) is 15.6 Å². The van der Waals surface area contributed by atoms with E-state index in [4.69, 9.17) is 4.74 Å². The van der Waals surface area contributed by atoms with Gasteiger partial charge in [0, 0.05) is 23.1 Å². The molecule has 5 rings (SSSR count). The molecule has 1 saturated heterocycles. The van der Waals surface area contributed by atoms with E-state index >= 15 is 0 Å². The minimum absolute atomic E-state index is 0.0300. The number of carboxylic acid groups (broad SMARTS) is 1. The van der Waals surface area contributed by atoms with Crippen LogP contribution in [-0.2, 0) is 19.8 Å². The molecule has 0 aliphatic carbocycles. The molecule has 3 aromatic rings. The van der Waals surface area contributed by atoms with Crippen LogP contribution in [0.5, 0.6) is 5.75 Å². The number of likely N-dealkylation sites (tertiary alicyclic amines) is 1. The molecule has 1 spiro atoms. The number of nitrogens with zero attached hydrogens (tertiary/aromatic N) is 1. The van der Waals surface area contributed by atoms with Crippen LogP contribution in [0.3, 0.4) is 0 Å². The largest absolute Gasteiger partial charge is 0.496 e. The smallest absolute Gasteiger partial charge is 0.326 e. The number of benzene rings is 2. The minimum Gasteiger partial charge on any atom is -0.496 e. The first-order chi connectivity index (χ1) is 18.1. The minimum atomic E-state index is -1.21. The number of methoxy groups -OCH3 is 1. The summed E-state index contributed by atoms with van der Waals surface area (Å²) < 4.78 is 5.37. The van der Waals surface area contributed by atoms with Gasteiger partial charge in [0.2, 0.25) is 11.8 Å². The molecule has 10 nitrogen and oxygen atoms in total. The summed E-state index contributed by atoms with van der Waals surface area (Å²) in [5.74, 6) is -1.90. The summed E-state index contributed by atoms with van der Waals surface area (Å²) in [6.07, 6.45) is 0.258. The standard InChI is InChI=1S/C28H30N4O6/c1-15(2)11-21(30-24(33)20-12-16-18(29-20)9-6-10-23(16)38-3)25(34)32-14-28(13-22(32)26(35)36)17-7-4-5-8-19(17)31-27(28)37/h4-10,12,15,21-22,29H,11,13-14H2,1-3H3,(H,30,33)(H,31,37)(H,35,36)/t21?,22-,28-/m0/s1. The van der Waals surface area contributed by atoms with Crippen molar-refractivity contribution in [2.45, 2.75) is 44.2 Å². The molecule has 0 saturated carbocycles. The van der Waals surface area contributed by atoms with Gasteiger partial charge in [-0.15, -0.1) is 0 Å². The van der Waals surface area contributed by atoms with Gasteiger partial charge in [-0.1, -0.05) is 38.1 Å². The second-order valence-corrected chi connectivity index (χ2v) is 10.4. The van der Waals surface area contributed by atoms with Gasteiger partial charge in [0.15, 0.2) is 0 Å². The number of carbonyl (C=O) groups excluding carboxylic acids is 3. The Morgan fingerprint density at radius 2 is 1.95 bits per heavy atom. The average Bonchev–Trinajstić information content (AvgIpc) is 3.58. The number of H-pyrrole nitrogens is 1. The van der Waals surface area contributed by atoms with Crippen LogP contribution in [0.15, 0.2) is 48.5 Å². The zero-order chi connectivity index (χ0) is 27.2. The van der Waals surface area contributed by atoms with Crippen molar-refractivity contribution < 1.29 is 29.0 Å². The summed E-state index contributed by atoms with van der Waals surface area (Å²) in [7, 11) is 1.55. The second kappa shape index (κ2) is 9.51. The first kappa shape index (κ1) is 25.3. The number of ether oxygens (including phenoxy) is 1. The van der Waals surface area contributed by atoms with E-state index in [0.29, 0.717) is 28.9 Å². The normalized spacial score (nSPS) is 21.0. The molecular formula is C28H30N4O6. The van der Waals surface area contributed by atoms with Gasteiger partial charge in [0.05, 0.1) is 12.5 Å². The Hall–Kier alpha value is -4.34. The van der Waals surface area contributed by atoms with E-state index in [1.54, 1.807) is 49.6 Å². The molecule has 3 heterocycles. The Morgan fingerprint density at radius 1 is 1.18 bits per heavy atom. The third-order valence-electron chi connectivity index (χ3n) is 7.45. The third kappa shape index (κ3) is 4.15. The van der Waals surface area contributed by atoms with Gasteiger partial charge in [-0.2, -0.15) is 0 Å². The van der Waals surface area contributed by atoms with Crippen LogP contribution >= 0.6 is 0 Å². The number of anilines is 1. The number of para-hydroxylation sites is 1. The molecule has 198 valence electrons. The lowest BCUT2D eigenvalue weighted by Gasteiger charge is -2.29. The lowest BCUT2D eigenvalue weighted by Crippen LogP contribution is -2.52. The third-order valence-corrected chi connectivity index (χ3v) is 7.45. The zero-order valence-electron chi connectivity index (χ0n) is 21.4. The van der Waals surface area contributed by atoms with Crippen molar-refractivity contribution in [1.29, 1.82) is 0 Å². The summed E-state index contributed by atoms with van der Waals surface area (Å²) in [5, 5.41) is 16.4. The van der Waals surface area contributed by atoms with Crippen LogP contribution in [0.1, 0.15) is 42.7 Å². The Balaban J connectivity index is 1.44. The summed E-state index contributed by atoms with van der Waals surface area (Å²) in [6.45, 7) is 3.75. The van der Waals surface area contributed by atoms with Crippen LogP contribution in [0, 0.1) is 5.92 Å². The summed E-state index contributed by atoms with van der Waals surface area (Å²) in [5.41, 5.74) is 1.11. The van der Waals surface area contributed by atoms with Crippen molar-refractivity contribution in [2.75, 3.05) is 19.0 Å². The monoisotopic (exact) mass is 518 g/mol. The SMILES string of the molecule is COc1cccc2[nH]c(C(=O)NC(CC(C)C)C(=O)N3C[C@]4(C[C@H]3C(=O)O)C(=O)Nc3ccccc34)cc12. The molecule has 2 aliphatic rings. The Kier molecular flexibility index (Phi) is 6.34. The number of aromatic nitrogens is 1. The molecule has 0 radical (unpaired) electrons. The van der Waals surface area contributed by atoms with Crippen molar-refractivity contribution in [3.05, 3.63) is 59.8 Å². The summed E-state index contributed by atoms with van der Waals surface area (Å²) >= 11 is 0. The lowest BCUT2D eigenvalue weighted by atomic mass is 9.79. The van der Waals surface area contributed by atoms with Gasteiger partial charge in [-0.25, -0.2) is 4.79 Å². The first-order valence-electron chi connectivity index (χ1n) is 12.6. The lowest BCUT2D eigenvalue weighted by molar-refractivity contribution is -0.149. The van der Waals surface area contributed by atoms with E-state index in [-0.39, 0.29) is 30.5 Å². The van der Waals surface area contributed by atoms with E-state index in [0.717, 1.165) is 5.39 Å². The van der Waals surface area contributed by atoms with E-state index in [1.807, 2.05) is 19.9 Å². The predicted octanol–water partition coefficient (Wildman–Crippen LogP) is 2.90. The quantitative estimate of drug-likeness (QED) is 0.379. The number of nitrogens with one attached hydrogen (secondary N) is 3. The van der Waals surface area contributed by atoms with Gasteiger partial charge < -0.3 is 30.4 Å². The number of fused-ring (bicyclic) bond motifs is 3. The first-order valence-corrected chi connectivity index (χ1v) is 12.6. The van der Waals surface area contributed by atoms with Gasteiger partial charge in [-0.3, -0.25) is 14.4 Å². The van der Waals surface area contributed by atoms with Crippen LogP contribution in [0.25, 0.3) is 10.9 Å². The van der Waals surface area contributed by atoms with Gasteiger partial charge >= 0.3 is 5.97 Å². The highest BCUT2D eigenvalue weighted by Gasteiger charge is 2.58. The average molecular weight is 519 g/mol. The molecule has 0 bridgehead atoms. The maximum absolute atomic E-state index is 13.9. The highest BCUT2D eigenvalue weighted by molar-refractivity contribution is 6.08. The molecule has 38 heavy (non-hydrogen) atoms. The maximum Gasteiger partial charge on any atom is 0.326 e. The number of rotatable bonds is 7. The number of hydrogen-bond acceptors (Lipinski definition) is 5. The number of carboxylic acids is 1. The molecule has 3 atom stereocenters. The Morgan fingerprint density at radius 3 is 2.66 bits per heavy atom. The summed E-state index contributed by atoms with van der Waals surface area (Å²) in [4.78, 5) is 56.9. The van der Waals surface area contributed by atoms with Crippen molar-refractivity contribution in [3.8, 4) is 5.75 Å². The summed E-state index contributed by atoms with van der Waals surface area (Å²) in [6, 6.07) is 12.0. The Bertz CT molecular complexity index is 1450. The van der Waals surface area contributed by atoms with Crippen LogP contribution in [0.2, 0.25) is 0 Å². The van der Waals surface area contributed by atoms with E-state index in [1.165, 1.54) is 4.90 Å². The highest BCUT2D eigenvalue weighted by atomic mass is 16.5. The van der Waals surface area contributed by atoms with Crippen molar-refractivity contribution in [3.63, 3.8) is 0 Å². The molecule has 2 aliphatic heterocycles. The second-order valence-electron chi connectivity index (χ2n) is 10.4. The van der Waals surface area contributed by atoms with E-state index in [9.17, 15) is 24.3 Å². The number of aromatic amines is 1. The maximum atomic E-state index is 13.9. The highest BCUT2D eigenvalue weighted by Crippen LogP contribution is 2.46. The molecule has 4 N–H and O–H groups in total.